The van der Waals surface area contributed by atoms with E-state index in [0.29, 0.717) is 10.6 Å². The van der Waals surface area contributed by atoms with Gasteiger partial charge in [0.25, 0.3) is 0 Å². The topological polar surface area (TPSA) is 79.8 Å². The van der Waals surface area contributed by atoms with Crippen LogP contribution in [0, 0.1) is 18.3 Å². The van der Waals surface area contributed by atoms with Crippen LogP contribution in [0.4, 0.5) is 0 Å². The maximum Gasteiger partial charge on any atom is 0.227 e. The predicted octanol–water partition coefficient (Wildman–Crippen LogP) is 4.17. The van der Waals surface area contributed by atoms with Gasteiger partial charge in [-0.3, -0.25) is 4.79 Å². The molecule has 2 N–H and O–H groups in total. The molecule has 0 atom stereocenters. The van der Waals surface area contributed by atoms with E-state index in [1.165, 1.54) is 11.8 Å². The predicted molar refractivity (Wildman–Crippen MR) is 104 cm³/mol. The maximum atomic E-state index is 11.2. The van der Waals surface area contributed by atoms with E-state index in [2.05, 4.69) is 11.1 Å². The Morgan fingerprint density at radius 1 is 1.12 bits per heavy atom. The number of pyridine rings is 1. The Morgan fingerprint density at radius 2 is 1.81 bits per heavy atom. The molecule has 0 aliphatic rings. The largest absolute Gasteiger partial charge is 0.369 e. The number of hydrogen-bond acceptors (Lipinski definition) is 4. The van der Waals surface area contributed by atoms with Crippen molar-refractivity contribution in [3.8, 4) is 28.5 Å². The van der Waals surface area contributed by atoms with Crippen LogP contribution in [0.2, 0.25) is 0 Å². The number of hydrogen-bond donors (Lipinski definition) is 1. The summed E-state index contributed by atoms with van der Waals surface area (Å²) in [5, 5.41) is 10.2. The molecule has 0 aliphatic heterocycles. The zero-order chi connectivity index (χ0) is 18.5. The minimum absolute atomic E-state index is 0.0766. The number of nitrogens with two attached hydrogens (primary N) is 1. The number of aryl methyl sites for hydroxylation is 1. The van der Waals surface area contributed by atoms with Crippen molar-refractivity contribution in [3.05, 3.63) is 71.8 Å². The highest BCUT2D eigenvalue weighted by Gasteiger charge is 2.16. The number of aromatic nitrogens is 1. The normalized spacial score (nSPS) is 10.3. The number of thioether (sulfide) groups is 1. The average Bonchev–Trinajstić information content (AvgIpc) is 2.67. The molecule has 128 valence electrons. The first-order valence-corrected chi connectivity index (χ1v) is 9.05. The molecule has 26 heavy (non-hydrogen) atoms. The van der Waals surface area contributed by atoms with E-state index >= 15 is 0 Å². The fraction of sp³-hybridized carbons (Fsp3) is 0.0952. The van der Waals surface area contributed by atoms with Gasteiger partial charge in [0.05, 0.1) is 17.0 Å². The number of nitrogens with zero attached hydrogens (tertiary/aromatic N) is 2. The van der Waals surface area contributed by atoms with E-state index < -0.39 is 5.91 Å². The first-order chi connectivity index (χ1) is 12.6. The van der Waals surface area contributed by atoms with E-state index in [1.54, 1.807) is 0 Å². The van der Waals surface area contributed by atoms with Gasteiger partial charge in [0, 0.05) is 11.1 Å². The quantitative estimate of drug-likeness (QED) is 0.693. The summed E-state index contributed by atoms with van der Waals surface area (Å²) < 4.78 is 0. The molecule has 1 aromatic heterocycles. The van der Waals surface area contributed by atoms with Crippen molar-refractivity contribution in [3.63, 3.8) is 0 Å². The lowest BCUT2D eigenvalue weighted by molar-refractivity contribution is -0.115. The Balaban J connectivity index is 2.20. The van der Waals surface area contributed by atoms with Crippen molar-refractivity contribution in [2.45, 2.75) is 11.9 Å². The van der Waals surface area contributed by atoms with E-state index in [0.717, 1.165) is 27.9 Å². The molecule has 4 nitrogen and oxygen atoms in total. The smallest absolute Gasteiger partial charge is 0.227 e. The first kappa shape index (κ1) is 17.7. The second kappa shape index (κ2) is 7.85. The molecule has 0 spiro atoms. The minimum Gasteiger partial charge on any atom is -0.369 e. The molecule has 3 rings (SSSR count). The third-order valence-corrected chi connectivity index (χ3v) is 4.88. The van der Waals surface area contributed by atoms with Crippen molar-refractivity contribution in [2.75, 3.05) is 5.75 Å². The van der Waals surface area contributed by atoms with Crippen LogP contribution in [0.15, 0.2) is 65.7 Å². The van der Waals surface area contributed by atoms with Gasteiger partial charge in [0.15, 0.2) is 0 Å². The lowest BCUT2D eigenvalue weighted by Gasteiger charge is -2.12. The fourth-order valence-corrected chi connectivity index (χ4v) is 3.33. The van der Waals surface area contributed by atoms with E-state index in [-0.39, 0.29) is 5.75 Å². The Labute approximate surface area is 156 Å². The van der Waals surface area contributed by atoms with Crippen LogP contribution in [0.5, 0.6) is 0 Å². The van der Waals surface area contributed by atoms with Crippen molar-refractivity contribution < 1.29 is 4.79 Å². The Morgan fingerprint density at radius 3 is 2.42 bits per heavy atom. The number of rotatable bonds is 5. The van der Waals surface area contributed by atoms with Gasteiger partial charge in [-0.15, -0.1) is 0 Å². The molecule has 1 heterocycles. The minimum atomic E-state index is -0.442. The molecule has 0 radical (unpaired) electrons. The molecule has 0 fully saturated rings. The molecule has 0 aliphatic carbocycles. The summed E-state index contributed by atoms with van der Waals surface area (Å²) in [6.07, 6.45) is 0. The third-order valence-electron chi connectivity index (χ3n) is 3.88. The van der Waals surface area contributed by atoms with Crippen LogP contribution in [0.25, 0.3) is 22.4 Å². The molecule has 2 aromatic carbocycles. The van der Waals surface area contributed by atoms with Gasteiger partial charge in [-0.1, -0.05) is 71.9 Å². The second-order valence-electron chi connectivity index (χ2n) is 5.83. The van der Waals surface area contributed by atoms with Crippen molar-refractivity contribution in [2.24, 2.45) is 5.73 Å². The summed E-state index contributed by atoms with van der Waals surface area (Å²) in [5.41, 5.74) is 10.3. The molecular weight excluding hydrogens is 342 g/mol. The number of amides is 1. The number of benzene rings is 2. The lowest BCUT2D eigenvalue weighted by Crippen LogP contribution is -2.13. The van der Waals surface area contributed by atoms with Crippen molar-refractivity contribution >= 4 is 17.7 Å². The van der Waals surface area contributed by atoms with Gasteiger partial charge in [-0.2, -0.15) is 5.26 Å². The van der Waals surface area contributed by atoms with Crippen molar-refractivity contribution in [1.82, 2.24) is 4.98 Å². The van der Waals surface area contributed by atoms with E-state index in [4.69, 9.17) is 5.73 Å². The molecular formula is C21H17N3OS. The van der Waals surface area contributed by atoms with Crippen LogP contribution in [-0.4, -0.2) is 16.6 Å². The Hall–Kier alpha value is -3.10. The van der Waals surface area contributed by atoms with Crippen LogP contribution >= 0.6 is 11.8 Å². The van der Waals surface area contributed by atoms with E-state index in [9.17, 15) is 10.1 Å². The summed E-state index contributed by atoms with van der Waals surface area (Å²) in [6, 6.07) is 21.9. The van der Waals surface area contributed by atoms with Crippen LogP contribution < -0.4 is 5.73 Å². The van der Waals surface area contributed by atoms with Crippen LogP contribution in [0.1, 0.15) is 11.1 Å². The molecule has 0 saturated carbocycles. The molecule has 5 heteroatoms. The monoisotopic (exact) mass is 359 g/mol. The number of carbonyl (C=O) groups excluding carboxylic acids is 1. The second-order valence-corrected chi connectivity index (χ2v) is 6.80. The SMILES string of the molecule is Cc1ccc(-c2cc(-c3ccccc3)nc(SCC(N)=O)c2C#N)cc1. The number of primary amides is 1. The van der Waals surface area contributed by atoms with Gasteiger partial charge in [-0.25, -0.2) is 4.98 Å². The van der Waals surface area contributed by atoms with Crippen molar-refractivity contribution in [1.29, 1.82) is 5.26 Å². The van der Waals surface area contributed by atoms with Gasteiger partial charge < -0.3 is 5.73 Å². The summed E-state index contributed by atoms with van der Waals surface area (Å²) >= 11 is 1.19. The molecule has 0 bridgehead atoms. The zero-order valence-electron chi connectivity index (χ0n) is 14.3. The average molecular weight is 359 g/mol. The van der Waals surface area contributed by atoms with Gasteiger partial charge in [-0.05, 0) is 18.6 Å². The van der Waals surface area contributed by atoms with Gasteiger partial charge >= 0.3 is 0 Å². The fourth-order valence-electron chi connectivity index (χ4n) is 2.59. The Kier molecular flexibility index (Phi) is 5.35. The molecule has 1 amide bonds. The zero-order valence-corrected chi connectivity index (χ0v) is 15.1. The third kappa shape index (κ3) is 3.93. The standard InChI is InChI=1S/C21H17N3OS/c1-14-7-9-15(10-8-14)17-11-19(16-5-3-2-4-6-16)24-21(18(17)12-22)26-13-20(23)25/h2-11H,13H2,1H3,(H2,23,25). The van der Waals surface area contributed by atoms with Gasteiger partial charge in [0.2, 0.25) is 5.91 Å². The molecule has 3 aromatic rings. The Bertz CT molecular complexity index is 977. The van der Waals surface area contributed by atoms with Gasteiger partial charge in [0.1, 0.15) is 11.1 Å². The maximum absolute atomic E-state index is 11.2. The molecule has 0 saturated heterocycles. The highest BCUT2D eigenvalue weighted by Crippen LogP contribution is 2.34. The lowest BCUT2D eigenvalue weighted by atomic mass is 9.98. The summed E-state index contributed by atoms with van der Waals surface area (Å²) in [4.78, 5) is 15.8. The van der Waals surface area contributed by atoms with Crippen LogP contribution in [0.3, 0.4) is 0 Å². The highest BCUT2D eigenvalue weighted by atomic mass is 32.2. The summed E-state index contributed by atoms with van der Waals surface area (Å²) in [7, 11) is 0. The first-order valence-electron chi connectivity index (χ1n) is 8.07. The number of nitriles is 1. The summed E-state index contributed by atoms with van der Waals surface area (Å²) in [5.74, 6) is -0.365. The highest BCUT2D eigenvalue weighted by molar-refractivity contribution is 8.00. The summed E-state index contributed by atoms with van der Waals surface area (Å²) in [6.45, 7) is 2.02. The number of carbonyl (C=O) groups is 1. The molecule has 0 unspecified atom stereocenters. The van der Waals surface area contributed by atoms with Crippen LogP contribution in [-0.2, 0) is 4.79 Å². The van der Waals surface area contributed by atoms with E-state index in [1.807, 2.05) is 67.6 Å².